The fourth-order valence-corrected chi connectivity index (χ4v) is 0.690. The van der Waals surface area contributed by atoms with Crippen LogP contribution in [0.2, 0.25) is 0 Å². The van der Waals surface area contributed by atoms with Gasteiger partial charge in [0.25, 0.3) is 0 Å². The first-order chi connectivity index (χ1) is 7.49. The third-order valence-corrected chi connectivity index (χ3v) is 1.71. The van der Waals surface area contributed by atoms with Crippen LogP contribution in [0.3, 0.4) is 0 Å². The van der Waals surface area contributed by atoms with Crippen LogP contribution < -0.4 is 36.3 Å². The molecule has 0 aliphatic carbocycles. The van der Waals surface area contributed by atoms with Crippen molar-refractivity contribution in [2.45, 2.75) is 31.4 Å². The molecule has 0 aliphatic rings. The second-order valence-electron chi connectivity index (χ2n) is 3.25. The van der Waals surface area contributed by atoms with Crippen LogP contribution in [0.5, 0.6) is 0 Å². The molecule has 10 heteroatoms. The summed E-state index contributed by atoms with van der Waals surface area (Å²) in [4.78, 5) is 10.1. The Bertz CT molecular complexity index is 179. The minimum Gasteiger partial charge on any atom is -1.00 e. The maximum atomic E-state index is 10.1. The minimum absolute atomic E-state index is 0. The van der Waals surface area contributed by atoms with Gasteiger partial charge in [0.05, 0.1) is 13.2 Å². The van der Waals surface area contributed by atoms with Gasteiger partial charge in [0.1, 0.15) is 12.1 Å². The third kappa shape index (κ3) is 27.6. The van der Waals surface area contributed by atoms with Gasteiger partial charge in [-0.3, -0.25) is 4.79 Å². The Morgan fingerprint density at radius 1 is 1.11 bits per heavy atom. The first-order valence-corrected chi connectivity index (χ1v) is 5.07. The number of unbranched alkanes of at least 4 members (excludes halogenated alkanes) is 1. The van der Waals surface area contributed by atoms with E-state index in [2.05, 4.69) is 0 Å². The molecule has 7 nitrogen and oxygen atoms in total. The van der Waals surface area contributed by atoms with Gasteiger partial charge in [-0.05, 0) is 19.4 Å². The first kappa shape index (κ1) is 31.7. The molecule has 1 atom stereocenters. The van der Waals surface area contributed by atoms with Crippen molar-refractivity contribution in [1.29, 1.82) is 0 Å². The average Bonchev–Trinajstić information content (AvgIpc) is 2.28. The van der Waals surface area contributed by atoms with Gasteiger partial charge in [-0.15, -0.1) is 0 Å². The van der Waals surface area contributed by atoms with Crippen LogP contribution in [0.15, 0.2) is 0 Å². The molecule has 0 amide bonds. The smallest absolute Gasteiger partial charge is 1.00 e. The summed E-state index contributed by atoms with van der Waals surface area (Å²) in [5.41, 5.74) is 10.4. The van der Waals surface area contributed by atoms with Crippen LogP contribution in [-0.4, -0.2) is 58.3 Å². The maximum Gasteiger partial charge on any atom is 2.00 e. The van der Waals surface area contributed by atoms with Crippen molar-refractivity contribution in [3.63, 3.8) is 0 Å². The van der Waals surface area contributed by atoms with Gasteiger partial charge in [0, 0.05) is 0 Å². The molecule has 19 heavy (non-hydrogen) atoms. The molecule has 0 aromatic carbocycles. The van der Waals surface area contributed by atoms with Gasteiger partial charge in [-0.25, -0.2) is 0 Å². The molecule has 0 heterocycles. The Balaban J connectivity index is -0.0000000646. The second-order valence-corrected chi connectivity index (χ2v) is 3.25. The van der Waals surface area contributed by atoms with E-state index in [1.54, 1.807) is 0 Å². The van der Waals surface area contributed by atoms with Crippen molar-refractivity contribution in [3.05, 3.63) is 0 Å². The summed E-state index contributed by atoms with van der Waals surface area (Å²) >= 11 is 0. The predicted octanol–water partition coefficient (Wildman–Crippen LogP) is -8.14. The largest absolute Gasteiger partial charge is 2.00 e. The molecule has 0 aliphatic heterocycles. The number of aliphatic hydroxyl groups is 3. The predicted molar refractivity (Wildman–Crippen MR) is 58.7 cm³/mol. The summed E-state index contributed by atoms with van der Waals surface area (Å²) in [5.74, 6) is -0.933. The molecular formula is C9H22Cl2N2O5Zn. The van der Waals surface area contributed by atoms with Crippen LogP contribution >= 0.6 is 0 Å². The zero-order chi connectivity index (χ0) is 13.0. The number of carboxylic acids is 1. The van der Waals surface area contributed by atoms with Crippen LogP contribution in [0.25, 0.3) is 0 Å². The van der Waals surface area contributed by atoms with E-state index >= 15 is 0 Å². The topological polar surface area (TPSA) is 150 Å². The molecule has 0 saturated heterocycles. The second kappa shape index (κ2) is 23.6. The van der Waals surface area contributed by atoms with Gasteiger partial charge in [-0.2, -0.15) is 0 Å². The Morgan fingerprint density at radius 2 is 1.53 bits per heavy atom. The summed E-state index contributed by atoms with van der Waals surface area (Å²) in [6.45, 7) is -0.126. The number of hydrogen-bond acceptors (Lipinski definition) is 6. The van der Waals surface area contributed by atoms with Gasteiger partial charge in [0.2, 0.25) is 0 Å². The van der Waals surface area contributed by atoms with Gasteiger partial charge in [0.15, 0.2) is 0 Å². The number of nitrogens with two attached hydrogens (primary N) is 2. The fraction of sp³-hybridized carbons (Fsp3) is 0.889. The molecule has 0 rings (SSSR count). The van der Waals surface area contributed by atoms with Crippen molar-refractivity contribution < 1.29 is 69.5 Å². The van der Waals surface area contributed by atoms with Gasteiger partial charge < -0.3 is 56.7 Å². The van der Waals surface area contributed by atoms with Crippen molar-refractivity contribution in [3.8, 4) is 0 Å². The van der Waals surface area contributed by atoms with Crippen LogP contribution in [0.1, 0.15) is 19.3 Å². The van der Waals surface area contributed by atoms with E-state index in [9.17, 15) is 4.79 Å². The Morgan fingerprint density at radius 3 is 1.74 bits per heavy atom. The Hall–Kier alpha value is 0.473. The Labute approximate surface area is 138 Å². The number of carbonyl (C=O) groups is 1. The molecule has 0 spiro atoms. The molecule has 0 radical (unpaired) electrons. The summed E-state index contributed by atoms with van der Waals surface area (Å²) in [6, 6.07) is -0.716. The standard InChI is InChI=1S/C6H14N2O2.C3H8O3.2ClH.Zn/c7-4-2-1-3-5(8)6(9)10;4-1-3(6)2-5;;;/h5H,1-4,7-8H2,(H,9,10);3-6H,1-2H2;2*1H;/q;;;;+2/p-2/t5-;;;;/m0..../s1. The summed E-state index contributed by atoms with van der Waals surface area (Å²) in [7, 11) is 0. The molecule has 8 N–H and O–H groups in total. The van der Waals surface area contributed by atoms with Gasteiger partial charge in [-0.1, -0.05) is 6.42 Å². The monoisotopic (exact) mass is 372 g/mol. The maximum absolute atomic E-state index is 10.1. The third-order valence-electron chi connectivity index (χ3n) is 1.71. The molecule has 114 valence electrons. The van der Waals surface area contributed by atoms with Gasteiger partial charge >= 0.3 is 25.4 Å². The van der Waals surface area contributed by atoms with E-state index in [-0.39, 0.29) is 57.5 Å². The van der Waals surface area contributed by atoms with E-state index in [1.807, 2.05) is 0 Å². The molecular weight excluding hydrogens is 352 g/mol. The number of aliphatic hydroxyl groups excluding tert-OH is 3. The zero-order valence-electron chi connectivity index (χ0n) is 10.7. The summed E-state index contributed by atoms with van der Waals surface area (Å²) in [5, 5.41) is 32.3. The molecule has 0 bridgehead atoms. The van der Waals surface area contributed by atoms with Crippen LogP contribution in [-0.2, 0) is 24.3 Å². The number of carboxylic acid groups (broad SMARTS) is 1. The number of aliphatic carboxylic acids is 1. The summed E-state index contributed by atoms with van der Waals surface area (Å²) < 4.78 is 0. The van der Waals surface area contributed by atoms with E-state index in [4.69, 9.17) is 31.9 Å². The molecule has 0 fully saturated rings. The number of halogens is 2. The van der Waals surface area contributed by atoms with Crippen molar-refractivity contribution in [2.24, 2.45) is 11.5 Å². The van der Waals surface area contributed by atoms with Crippen molar-refractivity contribution in [1.82, 2.24) is 0 Å². The molecule has 0 aromatic heterocycles. The van der Waals surface area contributed by atoms with E-state index < -0.39 is 18.1 Å². The Kier molecular flexibility index (Phi) is 39.3. The molecule has 0 aromatic rings. The average molecular weight is 375 g/mol. The quantitative estimate of drug-likeness (QED) is 0.191. The van der Waals surface area contributed by atoms with Crippen molar-refractivity contribution in [2.75, 3.05) is 19.8 Å². The molecule has 0 saturated carbocycles. The summed E-state index contributed by atoms with van der Waals surface area (Å²) in [6.07, 6.45) is 1.21. The zero-order valence-corrected chi connectivity index (χ0v) is 15.2. The van der Waals surface area contributed by atoms with E-state index in [0.29, 0.717) is 13.0 Å². The van der Waals surface area contributed by atoms with Crippen molar-refractivity contribution >= 4 is 5.97 Å². The van der Waals surface area contributed by atoms with E-state index in [1.165, 1.54) is 0 Å². The normalized spacial score (nSPS) is 10.0. The van der Waals surface area contributed by atoms with Crippen LogP contribution in [0, 0.1) is 0 Å². The fourth-order valence-electron chi connectivity index (χ4n) is 0.690. The van der Waals surface area contributed by atoms with Crippen LogP contribution in [0.4, 0.5) is 0 Å². The SMILES string of the molecule is NCCCC[C@H](N)C(=O)O.OCC(O)CO.[Cl-].[Cl-].[Zn+2]. The number of hydrogen-bond donors (Lipinski definition) is 6. The molecule has 0 unspecified atom stereocenters. The minimum atomic E-state index is -0.954. The first-order valence-electron chi connectivity index (χ1n) is 5.07. The van der Waals surface area contributed by atoms with E-state index in [0.717, 1.165) is 12.8 Å². The number of rotatable bonds is 7.